The largest absolute Gasteiger partial charge is 0.467 e. The Balaban J connectivity index is 1.58. The second kappa shape index (κ2) is 8.51. The van der Waals surface area contributed by atoms with E-state index in [0.29, 0.717) is 11.7 Å². The molecule has 1 aromatic carbocycles. The maximum absolute atomic E-state index is 5.84. The minimum atomic E-state index is -0.0810. The summed E-state index contributed by atoms with van der Waals surface area (Å²) in [6.45, 7) is 0.654. The van der Waals surface area contributed by atoms with Crippen molar-refractivity contribution in [3.63, 3.8) is 0 Å². The number of thiocarbonyl (C=S) groups is 1. The highest BCUT2D eigenvalue weighted by atomic mass is 32.1. The monoisotopic (exact) mass is 443 g/mol. The van der Waals surface area contributed by atoms with Crippen LogP contribution in [0.15, 0.2) is 89.8 Å². The first-order valence-corrected chi connectivity index (χ1v) is 11.0. The Kier molecular flexibility index (Phi) is 5.41. The minimum absolute atomic E-state index is 0.0624. The fourth-order valence-electron chi connectivity index (χ4n) is 4.26. The van der Waals surface area contributed by atoms with Crippen molar-refractivity contribution >= 4 is 28.7 Å². The predicted molar refractivity (Wildman–Crippen MR) is 131 cm³/mol. The van der Waals surface area contributed by atoms with E-state index in [4.69, 9.17) is 16.6 Å². The maximum Gasteiger partial charge on any atom is 0.174 e. The average Bonchev–Trinajstić information content (AvgIpc) is 3.55. The zero-order valence-corrected chi connectivity index (χ0v) is 18.9. The van der Waals surface area contributed by atoms with Gasteiger partial charge in [-0.15, -0.1) is 0 Å². The molecule has 0 radical (unpaired) electrons. The van der Waals surface area contributed by atoms with Crippen LogP contribution in [0.1, 0.15) is 29.2 Å². The molecule has 32 heavy (non-hydrogen) atoms. The predicted octanol–water partition coefficient (Wildman–Crippen LogP) is 4.77. The summed E-state index contributed by atoms with van der Waals surface area (Å²) >= 11 is 5.84. The van der Waals surface area contributed by atoms with Gasteiger partial charge in [-0.1, -0.05) is 6.07 Å². The second-order valence-corrected chi connectivity index (χ2v) is 8.43. The quantitative estimate of drug-likeness (QED) is 0.433. The number of hydrogen-bond donors (Lipinski definition) is 1. The summed E-state index contributed by atoms with van der Waals surface area (Å²) in [4.78, 5) is 8.93. The van der Waals surface area contributed by atoms with Gasteiger partial charge in [0.15, 0.2) is 5.11 Å². The van der Waals surface area contributed by atoms with E-state index in [2.05, 4.69) is 67.3 Å². The van der Waals surface area contributed by atoms with Gasteiger partial charge < -0.3 is 24.1 Å². The van der Waals surface area contributed by atoms with Crippen LogP contribution < -0.4 is 15.1 Å². The molecule has 6 nitrogen and oxygen atoms in total. The van der Waals surface area contributed by atoms with Crippen LogP contribution in [0.25, 0.3) is 0 Å². The third-order valence-electron chi connectivity index (χ3n) is 5.82. The Morgan fingerprint density at radius 2 is 1.88 bits per heavy atom. The number of nitrogens with one attached hydrogen (secondary N) is 1. The van der Waals surface area contributed by atoms with Crippen molar-refractivity contribution in [2.75, 3.05) is 23.9 Å². The first kappa shape index (κ1) is 20.3. The molecule has 4 heterocycles. The van der Waals surface area contributed by atoms with Crippen LogP contribution in [0.3, 0.4) is 0 Å². The topological polar surface area (TPSA) is 49.5 Å². The molecule has 1 N–H and O–H groups in total. The van der Waals surface area contributed by atoms with Gasteiger partial charge in [-0.3, -0.25) is 4.98 Å². The zero-order chi connectivity index (χ0) is 22.1. The molecule has 0 amide bonds. The van der Waals surface area contributed by atoms with Crippen LogP contribution in [0, 0.1) is 0 Å². The number of aromatic nitrogens is 2. The molecule has 0 spiro atoms. The summed E-state index contributed by atoms with van der Waals surface area (Å²) in [5.41, 5.74) is 4.28. The van der Waals surface area contributed by atoms with Crippen molar-refractivity contribution in [1.29, 1.82) is 0 Å². The Hall–Kier alpha value is -3.58. The van der Waals surface area contributed by atoms with E-state index >= 15 is 0 Å². The number of pyridine rings is 1. The van der Waals surface area contributed by atoms with Crippen LogP contribution in [0.4, 0.5) is 11.4 Å². The molecule has 0 bridgehead atoms. The van der Waals surface area contributed by atoms with Crippen LogP contribution in [0.2, 0.25) is 0 Å². The van der Waals surface area contributed by atoms with Crippen LogP contribution in [-0.4, -0.2) is 28.8 Å². The summed E-state index contributed by atoms with van der Waals surface area (Å²) in [5.74, 6) is 0.909. The SMILES string of the molecule is CN(C)c1ccc(N2C(=S)N[C@H](c3ccccn3)[C@H]2c2cccn2Cc2ccco2)cc1. The van der Waals surface area contributed by atoms with Gasteiger partial charge in [0.1, 0.15) is 11.8 Å². The van der Waals surface area contributed by atoms with E-state index in [-0.39, 0.29) is 12.1 Å². The summed E-state index contributed by atoms with van der Waals surface area (Å²) in [7, 11) is 4.08. The lowest BCUT2D eigenvalue weighted by Gasteiger charge is -2.29. The summed E-state index contributed by atoms with van der Waals surface area (Å²) < 4.78 is 7.83. The van der Waals surface area contributed by atoms with Gasteiger partial charge >= 0.3 is 0 Å². The highest BCUT2D eigenvalue weighted by molar-refractivity contribution is 7.80. The van der Waals surface area contributed by atoms with Crippen molar-refractivity contribution in [1.82, 2.24) is 14.9 Å². The average molecular weight is 444 g/mol. The molecular formula is C25H25N5OS. The van der Waals surface area contributed by atoms with Gasteiger partial charge in [0.2, 0.25) is 0 Å². The molecule has 162 valence electrons. The smallest absolute Gasteiger partial charge is 0.174 e. The number of benzene rings is 1. The van der Waals surface area contributed by atoms with Crippen molar-refractivity contribution in [2.45, 2.75) is 18.6 Å². The molecule has 3 aromatic heterocycles. The maximum atomic E-state index is 5.84. The standard InChI is InChI=1S/C25H25N5OS/c1-28(2)18-10-12-19(13-11-18)30-24(23(27-25(30)32)21-8-3-4-14-26-21)22-9-5-15-29(22)17-20-7-6-16-31-20/h3-16,23-24H,17H2,1-2H3,(H,27,32)/t23-,24-/m1/s1. The zero-order valence-electron chi connectivity index (χ0n) is 18.1. The minimum Gasteiger partial charge on any atom is -0.467 e. The fraction of sp³-hybridized carbons (Fsp3) is 0.200. The van der Waals surface area contributed by atoms with E-state index in [1.165, 1.54) is 0 Å². The molecule has 7 heteroatoms. The van der Waals surface area contributed by atoms with Crippen molar-refractivity contribution in [3.8, 4) is 0 Å². The molecule has 1 fully saturated rings. The van der Waals surface area contributed by atoms with Gasteiger partial charge in [0.05, 0.1) is 24.5 Å². The molecule has 1 aliphatic heterocycles. The molecule has 2 atom stereocenters. The molecular weight excluding hydrogens is 418 g/mol. The van der Waals surface area contributed by atoms with Crippen LogP contribution in [0.5, 0.6) is 0 Å². The first-order chi connectivity index (χ1) is 15.6. The van der Waals surface area contributed by atoms with Gasteiger partial charge in [-0.25, -0.2) is 0 Å². The van der Waals surface area contributed by atoms with Gasteiger partial charge in [-0.05, 0) is 72.9 Å². The van der Waals surface area contributed by atoms with Crippen molar-refractivity contribution < 1.29 is 4.42 Å². The summed E-state index contributed by atoms with van der Waals surface area (Å²) in [5, 5.41) is 4.22. The summed E-state index contributed by atoms with van der Waals surface area (Å²) in [6.07, 6.45) is 5.62. The Bertz CT molecular complexity index is 1180. The molecule has 0 unspecified atom stereocenters. The highest BCUT2D eigenvalue weighted by Crippen LogP contribution is 2.42. The highest BCUT2D eigenvalue weighted by Gasteiger charge is 2.42. The van der Waals surface area contributed by atoms with E-state index in [9.17, 15) is 0 Å². The molecule has 5 rings (SSSR count). The lowest BCUT2D eigenvalue weighted by Crippen LogP contribution is -2.30. The molecule has 1 aliphatic rings. The van der Waals surface area contributed by atoms with Gasteiger partial charge in [-0.2, -0.15) is 0 Å². The number of rotatable bonds is 6. The van der Waals surface area contributed by atoms with Gasteiger partial charge in [0, 0.05) is 43.6 Å². The first-order valence-electron chi connectivity index (χ1n) is 10.6. The van der Waals surface area contributed by atoms with Crippen LogP contribution >= 0.6 is 12.2 Å². The Morgan fingerprint density at radius 3 is 2.56 bits per heavy atom. The number of anilines is 2. The fourth-order valence-corrected chi connectivity index (χ4v) is 4.60. The van der Waals surface area contributed by atoms with E-state index in [1.54, 1.807) is 6.26 Å². The van der Waals surface area contributed by atoms with E-state index in [0.717, 1.165) is 28.5 Å². The van der Waals surface area contributed by atoms with Crippen molar-refractivity contribution in [2.24, 2.45) is 0 Å². The molecule has 0 saturated carbocycles. The third-order valence-corrected chi connectivity index (χ3v) is 6.13. The van der Waals surface area contributed by atoms with E-state index < -0.39 is 0 Å². The number of nitrogens with zero attached hydrogens (tertiary/aromatic N) is 4. The number of furan rings is 1. The molecule has 0 aliphatic carbocycles. The second-order valence-electron chi connectivity index (χ2n) is 8.05. The molecule has 4 aromatic rings. The summed E-state index contributed by atoms with van der Waals surface area (Å²) in [6, 6.07) is 22.5. The lowest BCUT2D eigenvalue weighted by molar-refractivity contribution is 0.475. The Labute approximate surface area is 193 Å². The number of hydrogen-bond acceptors (Lipinski definition) is 4. The molecule has 1 saturated heterocycles. The lowest BCUT2D eigenvalue weighted by atomic mass is 10.0. The van der Waals surface area contributed by atoms with Crippen LogP contribution in [-0.2, 0) is 6.54 Å². The van der Waals surface area contributed by atoms with E-state index in [1.807, 2.05) is 50.6 Å². The van der Waals surface area contributed by atoms with Gasteiger partial charge in [0.25, 0.3) is 0 Å². The Morgan fingerprint density at radius 1 is 1.03 bits per heavy atom. The third kappa shape index (κ3) is 3.76. The normalized spacial score (nSPS) is 18.1. The van der Waals surface area contributed by atoms with Crippen molar-refractivity contribution in [3.05, 3.63) is 103 Å².